The lowest BCUT2D eigenvalue weighted by molar-refractivity contribution is 0.643. The third kappa shape index (κ3) is 5.53. The molecule has 0 spiro atoms. The third-order valence-corrected chi connectivity index (χ3v) is 13.5. The standard InChI is InChI=1S/C56H48N2/c1-37-25-30-51-49(33-37)46-28-27-43(36-52(46)56(51,2)3)57(42-20-14-17-39(34-42)38-15-6-4-7-16-38)54-32-29-44(45-21-10-11-22-47(45)54)40-26-31-55-50(35-40)48-23-12-13-24-53(48)58(55)41-18-8-5-9-19-41/h4-28,30-32,34-37,44,50,55H,29,33H2,1-3H3/t37?,44-,50?,55?/m0/s1. The molecule has 2 nitrogen and oxygen atoms in total. The van der Waals surface area contributed by atoms with Crippen LogP contribution in [-0.4, -0.2) is 6.04 Å². The Balaban J connectivity index is 1.01. The first-order valence-electron chi connectivity index (χ1n) is 21.1. The smallest absolute Gasteiger partial charge is 0.0629 e. The van der Waals surface area contributed by atoms with Crippen molar-refractivity contribution < 1.29 is 0 Å². The summed E-state index contributed by atoms with van der Waals surface area (Å²) in [6.07, 6.45) is 16.8. The molecule has 0 fully saturated rings. The molecule has 3 unspecified atom stereocenters. The van der Waals surface area contributed by atoms with Crippen LogP contribution in [0.2, 0.25) is 0 Å². The molecule has 2 heteroatoms. The predicted octanol–water partition coefficient (Wildman–Crippen LogP) is 14.5. The average molecular weight is 749 g/mol. The first-order chi connectivity index (χ1) is 28.4. The molecule has 282 valence electrons. The number of benzene rings is 6. The van der Waals surface area contributed by atoms with Gasteiger partial charge in [-0.15, -0.1) is 0 Å². The highest BCUT2D eigenvalue weighted by Gasteiger charge is 2.41. The van der Waals surface area contributed by atoms with Crippen LogP contribution in [0.15, 0.2) is 199 Å². The second kappa shape index (κ2) is 13.6. The predicted molar refractivity (Wildman–Crippen MR) is 244 cm³/mol. The van der Waals surface area contributed by atoms with Gasteiger partial charge in [0, 0.05) is 51.3 Å². The lowest BCUT2D eigenvalue weighted by Gasteiger charge is -2.36. The van der Waals surface area contributed by atoms with Gasteiger partial charge >= 0.3 is 0 Å². The maximum atomic E-state index is 2.58. The van der Waals surface area contributed by atoms with Crippen LogP contribution in [0.4, 0.5) is 22.7 Å². The molecular formula is C56H48N2. The zero-order valence-electron chi connectivity index (χ0n) is 33.5. The van der Waals surface area contributed by atoms with E-state index >= 15 is 0 Å². The second-order valence-corrected chi connectivity index (χ2v) is 17.3. The monoisotopic (exact) mass is 748 g/mol. The van der Waals surface area contributed by atoms with Gasteiger partial charge in [-0.2, -0.15) is 0 Å². The van der Waals surface area contributed by atoms with Crippen molar-refractivity contribution in [2.45, 2.75) is 56.9 Å². The van der Waals surface area contributed by atoms with Crippen molar-refractivity contribution in [1.29, 1.82) is 0 Å². The number of hydrogen-bond acceptors (Lipinski definition) is 2. The fourth-order valence-electron chi connectivity index (χ4n) is 10.7. The first-order valence-corrected chi connectivity index (χ1v) is 21.1. The zero-order valence-corrected chi connectivity index (χ0v) is 33.5. The van der Waals surface area contributed by atoms with Crippen molar-refractivity contribution in [2.75, 3.05) is 9.80 Å². The summed E-state index contributed by atoms with van der Waals surface area (Å²) in [7, 11) is 0. The van der Waals surface area contributed by atoms with E-state index in [0.717, 1.165) is 12.8 Å². The van der Waals surface area contributed by atoms with Gasteiger partial charge in [0.25, 0.3) is 0 Å². The van der Waals surface area contributed by atoms with E-state index in [1.165, 1.54) is 84.1 Å². The lowest BCUT2D eigenvalue weighted by Crippen LogP contribution is -2.29. The summed E-state index contributed by atoms with van der Waals surface area (Å²) in [5.74, 6) is 1.11. The highest BCUT2D eigenvalue weighted by molar-refractivity contribution is 5.93. The summed E-state index contributed by atoms with van der Waals surface area (Å²) < 4.78 is 0. The summed E-state index contributed by atoms with van der Waals surface area (Å²) in [4.78, 5) is 5.07. The van der Waals surface area contributed by atoms with Crippen LogP contribution in [0.5, 0.6) is 0 Å². The Hall–Kier alpha value is -6.38. The van der Waals surface area contributed by atoms with Gasteiger partial charge in [-0.1, -0.05) is 166 Å². The van der Waals surface area contributed by atoms with E-state index in [4.69, 9.17) is 0 Å². The first kappa shape index (κ1) is 34.8. The molecule has 0 saturated carbocycles. The number of para-hydroxylation sites is 2. The molecule has 1 aliphatic heterocycles. The van der Waals surface area contributed by atoms with Crippen LogP contribution in [-0.2, 0) is 5.41 Å². The molecule has 0 amide bonds. The van der Waals surface area contributed by atoms with E-state index in [1.54, 1.807) is 0 Å². The molecule has 0 radical (unpaired) electrons. The van der Waals surface area contributed by atoms with Gasteiger partial charge in [0.15, 0.2) is 0 Å². The van der Waals surface area contributed by atoms with Crippen LogP contribution < -0.4 is 9.80 Å². The molecule has 4 aliphatic carbocycles. The molecule has 6 aromatic rings. The Kier molecular flexibility index (Phi) is 8.19. The number of allylic oxidation sites excluding steroid dienone is 7. The Labute approximate surface area is 343 Å². The quantitative estimate of drug-likeness (QED) is 0.167. The summed E-state index contributed by atoms with van der Waals surface area (Å²) in [5, 5.41) is 0. The number of nitrogens with zero attached hydrogens (tertiary/aromatic N) is 2. The minimum Gasteiger partial charge on any atom is -0.333 e. The van der Waals surface area contributed by atoms with Crippen molar-refractivity contribution in [1.82, 2.24) is 0 Å². The van der Waals surface area contributed by atoms with E-state index < -0.39 is 0 Å². The summed E-state index contributed by atoms with van der Waals surface area (Å²) in [6.45, 7) is 7.16. The van der Waals surface area contributed by atoms with Crippen molar-refractivity contribution >= 4 is 34.0 Å². The molecule has 4 atom stereocenters. The summed E-state index contributed by atoms with van der Waals surface area (Å²) in [6, 6.07) is 56.5. The average Bonchev–Trinajstić information content (AvgIpc) is 3.71. The van der Waals surface area contributed by atoms with Gasteiger partial charge in [0.2, 0.25) is 0 Å². The topological polar surface area (TPSA) is 6.48 Å². The van der Waals surface area contributed by atoms with E-state index in [1.807, 2.05) is 0 Å². The van der Waals surface area contributed by atoms with Crippen LogP contribution in [0.1, 0.15) is 73.3 Å². The van der Waals surface area contributed by atoms with Crippen LogP contribution in [0.3, 0.4) is 0 Å². The molecule has 0 bridgehead atoms. The molecule has 5 aliphatic rings. The highest BCUT2D eigenvalue weighted by atomic mass is 15.2. The summed E-state index contributed by atoms with van der Waals surface area (Å²) >= 11 is 0. The molecule has 58 heavy (non-hydrogen) atoms. The molecule has 0 N–H and O–H groups in total. The number of anilines is 4. The molecule has 11 rings (SSSR count). The minimum absolute atomic E-state index is 0.0641. The Morgan fingerprint density at radius 2 is 1.36 bits per heavy atom. The minimum atomic E-state index is -0.0641. The number of rotatable bonds is 6. The van der Waals surface area contributed by atoms with E-state index in [9.17, 15) is 0 Å². The van der Waals surface area contributed by atoms with Crippen molar-refractivity contribution in [3.63, 3.8) is 0 Å². The lowest BCUT2D eigenvalue weighted by atomic mass is 9.76. The fraction of sp³-hybridized carbons (Fsp3) is 0.179. The Morgan fingerprint density at radius 1 is 0.638 bits per heavy atom. The van der Waals surface area contributed by atoms with Crippen LogP contribution >= 0.6 is 0 Å². The number of fused-ring (bicyclic) bond motifs is 6. The van der Waals surface area contributed by atoms with Crippen molar-refractivity contribution in [3.8, 4) is 11.1 Å². The van der Waals surface area contributed by atoms with Gasteiger partial charge in [-0.05, 0) is 111 Å². The summed E-state index contributed by atoms with van der Waals surface area (Å²) in [5.41, 5.74) is 19.9. The zero-order chi connectivity index (χ0) is 39.0. The number of hydrogen-bond donors (Lipinski definition) is 0. The van der Waals surface area contributed by atoms with Gasteiger partial charge < -0.3 is 9.80 Å². The second-order valence-electron chi connectivity index (χ2n) is 17.3. The van der Waals surface area contributed by atoms with E-state index in [0.29, 0.717) is 11.8 Å². The SMILES string of the molecule is CC1C=CC2=C(C1)c1ccc(N(C3=CC[C@@H](C4=CC5c6ccccc6N(c6ccccc6)C5C=C4)c4ccccc43)c3cccc(-c4ccccc4)c3)cc1C2(C)C. The third-order valence-electron chi connectivity index (χ3n) is 13.5. The molecule has 0 saturated heterocycles. The van der Waals surface area contributed by atoms with Gasteiger partial charge in [-0.25, -0.2) is 0 Å². The maximum Gasteiger partial charge on any atom is 0.0629 e. The molecular weight excluding hydrogens is 701 g/mol. The van der Waals surface area contributed by atoms with Crippen molar-refractivity contribution in [2.24, 2.45) is 5.92 Å². The van der Waals surface area contributed by atoms with Crippen molar-refractivity contribution in [3.05, 3.63) is 227 Å². The van der Waals surface area contributed by atoms with Crippen LogP contribution in [0.25, 0.3) is 22.4 Å². The van der Waals surface area contributed by atoms with Crippen LogP contribution in [0, 0.1) is 5.92 Å². The van der Waals surface area contributed by atoms with Gasteiger partial charge in [0.1, 0.15) is 0 Å². The molecule has 6 aromatic carbocycles. The Morgan fingerprint density at radius 3 is 2.21 bits per heavy atom. The molecule has 1 heterocycles. The Bertz CT molecular complexity index is 2740. The largest absolute Gasteiger partial charge is 0.333 e. The van der Waals surface area contributed by atoms with E-state index in [2.05, 4.69) is 219 Å². The van der Waals surface area contributed by atoms with E-state index in [-0.39, 0.29) is 17.4 Å². The normalized spacial score (nSPS) is 22.0. The molecule has 0 aromatic heterocycles. The van der Waals surface area contributed by atoms with Gasteiger partial charge in [-0.3, -0.25) is 0 Å². The maximum absolute atomic E-state index is 2.58. The van der Waals surface area contributed by atoms with Gasteiger partial charge in [0.05, 0.1) is 6.04 Å². The fourth-order valence-corrected chi connectivity index (χ4v) is 10.7. The highest BCUT2D eigenvalue weighted by Crippen LogP contribution is 2.54.